The number of benzene rings is 3. The largest absolute Gasteiger partial charge is 0.351 e. The predicted molar refractivity (Wildman–Crippen MR) is 125 cm³/mol. The molecule has 0 atom stereocenters. The molecule has 0 N–H and O–H groups in total. The first-order valence-corrected chi connectivity index (χ1v) is 10.7. The van der Waals surface area contributed by atoms with Crippen molar-refractivity contribution in [1.29, 1.82) is 0 Å². The lowest BCUT2D eigenvalue weighted by molar-refractivity contribution is 0.0746. The summed E-state index contributed by atoms with van der Waals surface area (Å²) in [4.78, 5) is 16.9. The molecule has 1 aromatic heterocycles. The van der Waals surface area contributed by atoms with Crippen LogP contribution in [0.25, 0.3) is 22.0 Å². The van der Waals surface area contributed by atoms with Crippen LogP contribution in [-0.4, -0.2) is 47.2 Å². The first-order chi connectivity index (χ1) is 15.2. The van der Waals surface area contributed by atoms with Crippen LogP contribution < -0.4 is 4.90 Å². The van der Waals surface area contributed by atoms with Gasteiger partial charge >= 0.3 is 0 Å². The minimum absolute atomic E-state index is 0.0780. The van der Waals surface area contributed by atoms with Gasteiger partial charge in [-0.1, -0.05) is 66.2 Å². The van der Waals surface area contributed by atoms with E-state index in [4.69, 9.17) is 11.6 Å². The first-order valence-electron chi connectivity index (χ1n) is 10.3. The average molecular weight is 429 g/mol. The lowest BCUT2D eigenvalue weighted by Crippen LogP contribution is -2.49. The van der Waals surface area contributed by atoms with Crippen molar-refractivity contribution < 1.29 is 4.79 Å². The molecule has 1 aliphatic rings. The number of fused-ring (bicyclic) bond motifs is 1. The number of halogens is 1. The van der Waals surface area contributed by atoms with Crippen LogP contribution >= 0.6 is 11.6 Å². The van der Waals surface area contributed by atoms with Gasteiger partial charge in [-0.15, -0.1) is 10.2 Å². The van der Waals surface area contributed by atoms with E-state index in [1.54, 1.807) is 0 Å². The van der Waals surface area contributed by atoms with Gasteiger partial charge in [-0.2, -0.15) is 0 Å². The fourth-order valence-corrected chi connectivity index (χ4v) is 4.15. The predicted octanol–water partition coefficient (Wildman–Crippen LogP) is 4.91. The number of piperazine rings is 1. The number of rotatable bonds is 3. The molecule has 1 fully saturated rings. The van der Waals surface area contributed by atoms with E-state index in [1.165, 1.54) is 0 Å². The smallest absolute Gasteiger partial charge is 0.253 e. The summed E-state index contributed by atoms with van der Waals surface area (Å²) in [6, 6.07) is 25.3. The third-order valence-electron chi connectivity index (χ3n) is 5.67. The molecule has 4 aromatic rings. The summed E-state index contributed by atoms with van der Waals surface area (Å²) in [5.41, 5.74) is 2.56. The normalized spacial score (nSPS) is 14.1. The van der Waals surface area contributed by atoms with Crippen LogP contribution in [0.15, 0.2) is 78.9 Å². The molecule has 0 spiro atoms. The van der Waals surface area contributed by atoms with Gasteiger partial charge in [0.1, 0.15) is 5.69 Å². The Bertz CT molecular complexity index is 1220. The number of hydrogen-bond acceptors (Lipinski definition) is 4. The second-order valence-electron chi connectivity index (χ2n) is 7.57. The summed E-state index contributed by atoms with van der Waals surface area (Å²) in [5.74, 6) is 0.939. The lowest BCUT2D eigenvalue weighted by atomic mass is 10.0. The summed E-state index contributed by atoms with van der Waals surface area (Å²) >= 11 is 6.05. The molecule has 154 valence electrons. The van der Waals surface area contributed by atoms with Gasteiger partial charge in [0.05, 0.1) is 0 Å². The Labute approximate surface area is 185 Å². The Morgan fingerprint density at radius 3 is 2.10 bits per heavy atom. The number of anilines is 1. The van der Waals surface area contributed by atoms with E-state index in [2.05, 4.69) is 27.2 Å². The Morgan fingerprint density at radius 1 is 0.742 bits per heavy atom. The van der Waals surface area contributed by atoms with Crippen molar-refractivity contribution in [2.24, 2.45) is 0 Å². The second kappa shape index (κ2) is 8.36. The highest BCUT2D eigenvalue weighted by atomic mass is 35.5. The van der Waals surface area contributed by atoms with Gasteiger partial charge in [0.2, 0.25) is 0 Å². The van der Waals surface area contributed by atoms with Crippen LogP contribution in [0.5, 0.6) is 0 Å². The highest BCUT2D eigenvalue weighted by molar-refractivity contribution is 6.30. The van der Waals surface area contributed by atoms with Crippen molar-refractivity contribution in [1.82, 2.24) is 15.1 Å². The Balaban J connectivity index is 1.41. The third kappa shape index (κ3) is 3.84. The third-order valence-corrected chi connectivity index (χ3v) is 5.92. The van der Waals surface area contributed by atoms with E-state index in [0.29, 0.717) is 18.1 Å². The molecule has 6 heteroatoms. The van der Waals surface area contributed by atoms with Crippen molar-refractivity contribution in [3.8, 4) is 11.3 Å². The molecule has 3 aromatic carbocycles. The van der Waals surface area contributed by atoms with Crippen molar-refractivity contribution in [3.05, 3.63) is 89.4 Å². The van der Waals surface area contributed by atoms with Gasteiger partial charge in [0.25, 0.3) is 5.91 Å². The van der Waals surface area contributed by atoms with Gasteiger partial charge in [0.15, 0.2) is 5.82 Å². The molecule has 0 unspecified atom stereocenters. The van der Waals surface area contributed by atoms with Crippen molar-refractivity contribution in [2.75, 3.05) is 31.1 Å². The Hall–Kier alpha value is -3.44. The zero-order valence-corrected chi connectivity index (χ0v) is 17.7. The first kappa shape index (κ1) is 19.5. The molecule has 31 heavy (non-hydrogen) atoms. The molecular formula is C25H21ClN4O. The standard InChI is InChI=1S/C25H21ClN4O/c26-20-12-10-18(11-13-20)23-21-8-4-5-9-22(21)24(28-27-23)29-14-16-30(17-15-29)25(31)19-6-2-1-3-7-19/h1-13H,14-17H2. The van der Waals surface area contributed by atoms with E-state index in [9.17, 15) is 4.79 Å². The highest BCUT2D eigenvalue weighted by Crippen LogP contribution is 2.32. The zero-order valence-electron chi connectivity index (χ0n) is 16.9. The fraction of sp³-hybridized carbons (Fsp3) is 0.160. The average Bonchev–Trinajstić information content (AvgIpc) is 2.84. The summed E-state index contributed by atoms with van der Waals surface area (Å²) in [7, 11) is 0. The molecule has 0 bridgehead atoms. The summed E-state index contributed by atoms with van der Waals surface area (Å²) < 4.78 is 0. The maximum absolute atomic E-state index is 12.8. The van der Waals surface area contributed by atoms with Crippen LogP contribution in [0, 0.1) is 0 Å². The number of aromatic nitrogens is 2. The van der Waals surface area contributed by atoms with Crippen LogP contribution in [-0.2, 0) is 0 Å². The van der Waals surface area contributed by atoms with Crippen molar-refractivity contribution in [2.45, 2.75) is 0 Å². The number of nitrogens with zero attached hydrogens (tertiary/aromatic N) is 4. The van der Waals surface area contributed by atoms with E-state index in [0.717, 1.165) is 46.5 Å². The summed E-state index contributed by atoms with van der Waals surface area (Å²) in [6.07, 6.45) is 0. The van der Waals surface area contributed by atoms with Crippen molar-refractivity contribution >= 4 is 34.1 Å². The van der Waals surface area contributed by atoms with Gasteiger partial charge < -0.3 is 9.80 Å². The minimum atomic E-state index is 0.0780. The zero-order chi connectivity index (χ0) is 21.2. The van der Waals surface area contributed by atoms with Crippen molar-refractivity contribution in [3.63, 3.8) is 0 Å². The van der Waals surface area contributed by atoms with Crippen LogP contribution in [0.3, 0.4) is 0 Å². The molecule has 2 heterocycles. The fourth-order valence-electron chi connectivity index (χ4n) is 4.03. The SMILES string of the molecule is O=C(c1ccccc1)N1CCN(c2nnc(-c3ccc(Cl)cc3)c3ccccc23)CC1. The summed E-state index contributed by atoms with van der Waals surface area (Å²) in [6.45, 7) is 2.75. The van der Waals surface area contributed by atoms with Crippen LogP contribution in [0.1, 0.15) is 10.4 Å². The van der Waals surface area contributed by atoms with E-state index < -0.39 is 0 Å². The summed E-state index contributed by atoms with van der Waals surface area (Å²) in [5, 5.41) is 12.0. The van der Waals surface area contributed by atoms with Gasteiger partial charge in [-0.05, 0) is 24.3 Å². The topological polar surface area (TPSA) is 49.3 Å². The van der Waals surface area contributed by atoms with E-state index in [-0.39, 0.29) is 5.91 Å². The Morgan fingerprint density at radius 2 is 1.39 bits per heavy atom. The molecule has 1 amide bonds. The van der Waals surface area contributed by atoms with Gasteiger partial charge in [-0.3, -0.25) is 4.79 Å². The molecule has 0 radical (unpaired) electrons. The maximum atomic E-state index is 12.8. The number of hydrogen-bond donors (Lipinski definition) is 0. The molecule has 0 saturated carbocycles. The molecule has 5 nitrogen and oxygen atoms in total. The van der Waals surface area contributed by atoms with Crippen LogP contribution in [0.2, 0.25) is 5.02 Å². The quantitative estimate of drug-likeness (QED) is 0.465. The monoisotopic (exact) mass is 428 g/mol. The van der Waals surface area contributed by atoms with E-state index in [1.807, 2.05) is 71.6 Å². The minimum Gasteiger partial charge on any atom is -0.351 e. The lowest BCUT2D eigenvalue weighted by Gasteiger charge is -2.35. The second-order valence-corrected chi connectivity index (χ2v) is 8.01. The maximum Gasteiger partial charge on any atom is 0.253 e. The molecule has 5 rings (SSSR count). The number of carbonyl (C=O) groups excluding carboxylic acids is 1. The molecular weight excluding hydrogens is 408 g/mol. The molecule has 0 aliphatic carbocycles. The Kier molecular flexibility index (Phi) is 5.26. The van der Waals surface area contributed by atoms with Crippen LogP contribution in [0.4, 0.5) is 5.82 Å². The molecule has 1 saturated heterocycles. The molecule has 1 aliphatic heterocycles. The van der Waals surface area contributed by atoms with E-state index >= 15 is 0 Å². The number of amides is 1. The number of carbonyl (C=O) groups is 1. The highest BCUT2D eigenvalue weighted by Gasteiger charge is 2.24. The van der Waals surface area contributed by atoms with Gasteiger partial charge in [0, 0.05) is 53.1 Å². The van der Waals surface area contributed by atoms with Gasteiger partial charge in [-0.25, -0.2) is 0 Å².